The van der Waals surface area contributed by atoms with Crippen LogP contribution in [0.5, 0.6) is 5.75 Å². The molecule has 0 saturated carbocycles. The number of nitrogens with zero attached hydrogens (tertiary/aromatic N) is 3. The summed E-state index contributed by atoms with van der Waals surface area (Å²) in [6.45, 7) is 10.2. The summed E-state index contributed by atoms with van der Waals surface area (Å²) in [4.78, 5) is 14.8. The largest absolute Gasteiger partial charge is 0.489 e. The van der Waals surface area contributed by atoms with Crippen LogP contribution in [0.1, 0.15) is 58.1 Å². The van der Waals surface area contributed by atoms with Crippen molar-refractivity contribution in [3.63, 3.8) is 0 Å². The number of carbonyl (C=O) groups is 1. The third-order valence-electron chi connectivity index (χ3n) is 6.66. The van der Waals surface area contributed by atoms with Crippen molar-refractivity contribution in [1.82, 2.24) is 15.1 Å². The van der Waals surface area contributed by atoms with Gasteiger partial charge in [0.1, 0.15) is 21.8 Å². The van der Waals surface area contributed by atoms with Crippen LogP contribution in [0.15, 0.2) is 36.4 Å². The number of halogens is 1. The molecule has 3 aromatic rings. The summed E-state index contributed by atoms with van der Waals surface area (Å²) in [6.07, 6.45) is 4.91. The van der Waals surface area contributed by atoms with Crippen LogP contribution in [0, 0.1) is 0 Å². The Hall–Kier alpha value is -2.48. The van der Waals surface area contributed by atoms with Crippen LogP contribution in [0.2, 0.25) is 5.02 Å². The summed E-state index contributed by atoms with van der Waals surface area (Å²) in [7, 11) is 0. The van der Waals surface area contributed by atoms with Gasteiger partial charge in [0, 0.05) is 17.7 Å². The van der Waals surface area contributed by atoms with E-state index in [9.17, 15) is 4.79 Å². The average Bonchev–Trinajstić information content (AvgIpc) is 3.38. The molecule has 1 unspecified atom stereocenters. The van der Waals surface area contributed by atoms with E-state index in [0.29, 0.717) is 17.4 Å². The van der Waals surface area contributed by atoms with E-state index in [1.807, 2.05) is 39.0 Å². The lowest BCUT2D eigenvalue weighted by atomic mass is 9.95. The molecule has 2 aromatic carbocycles. The third kappa shape index (κ3) is 6.70. The molecule has 0 aliphatic carbocycles. The van der Waals surface area contributed by atoms with Crippen LogP contribution >= 0.6 is 22.9 Å². The van der Waals surface area contributed by atoms with Crippen LogP contribution in [-0.4, -0.2) is 52.9 Å². The van der Waals surface area contributed by atoms with Gasteiger partial charge in [0.15, 0.2) is 0 Å². The van der Waals surface area contributed by atoms with Gasteiger partial charge in [-0.3, -0.25) is 9.69 Å². The van der Waals surface area contributed by atoms with Crippen molar-refractivity contribution in [2.45, 2.75) is 71.9 Å². The maximum atomic E-state index is 12.5. The van der Waals surface area contributed by atoms with Gasteiger partial charge in [-0.05, 0) is 82.3 Å². The fourth-order valence-corrected chi connectivity index (χ4v) is 6.06. The molecule has 6 nitrogen and oxygen atoms in total. The van der Waals surface area contributed by atoms with Crippen molar-refractivity contribution in [3.05, 3.63) is 52.5 Å². The maximum Gasteiger partial charge on any atom is 0.323 e. The van der Waals surface area contributed by atoms with Gasteiger partial charge in [-0.1, -0.05) is 54.5 Å². The minimum atomic E-state index is -0.128. The van der Waals surface area contributed by atoms with Crippen LogP contribution in [0.3, 0.4) is 0 Å². The minimum absolute atomic E-state index is 0.0576. The van der Waals surface area contributed by atoms with Crippen molar-refractivity contribution >= 4 is 28.9 Å². The number of rotatable bonds is 10. The highest BCUT2D eigenvalue weighted by Crippen LogP contribution is 2.36. The molecule has 1 saturated heterocycles. The summed E-state index contributed by atoms with van der Waals surface area (Å²) < 4.78 is 11.1. The lowest BCUT2D eigenvalue weighted by Crippen LogP contribution is -2.46. The molecule has 0 spiro atoms. The quantitative estimate of drug-likeness (QED) is 0.262. The SMILES string of the molecule is CCOC(=O)C1CCCCN1CCc1cccc(-c2nnc(-c3ccc(OC(C)C)c(Cl)c3)s2)c1CC. The number of aromatic nitrogens is 2. The zero-order valence-corrected chi connectivity index (χ0v) is 23.7. The van der Waals surface area contributed by atoms with E-state index < -0.39 is 0 Å². The molecule has 1 aliphatic heterocycles. The summed E-state index contributed by atoms with van der Waals surface area (Å²) in [5.41, 5.74) is 4.63. The van der Waals surface area contributed by atoms with Crippen molar-refractivity contribution < 1.29 is 14.3 Å². The number of likely N-dealkylation sites (tertiary alicyclic amines) is 1. The maximum absolute atomic E-state index is 12.5. The molecule has 1 aromatic heterocycles. The van der Waals surface area contributed by atoms with Gasteiger partial charge in [0.05, 0.1) is 17.7 Å². The zero-order valence-electron chi connectivity index (χ0n) is 22.1. The van der Waals surface area contributed by atoms with Crippen molar-refractivity contribution in [3.8, 4) is 26.9 Å². The summed E-state index contributed by atoms with van der Waals surface area (Å²) in [6, 6.07) is 12.0. The molecule has 0 amide bonds. The van der Waals surface area contributed by atoms with Crippen LogP contribution in [0.4, 0.5) is 0 Å². The van der Waals surface area contributed by atoms with Gasteiger partial charge in [0.25, 0.3) is 0 Å². The number of piperidine rings is 1. The Labute approximate surface area is 229 Å². The summed E-state index contributed by atoms with van der Waals surface area (Å²) >= 11 is 8.03. The highest BCUT2D eigenvalue weighted by molar-refractivity contribution is 7.17. The van der Waals surface area contributed by atoms with Crippen LogP contribution in [-0.2, 0) is 22.4 Å². The molecule has 0 radical (unpaired) electrons. The van der Waals surface area contributed by atoms with E-state index in [0.717, 1.165) is 66.3 Å². The number of carbonyl (C=O) groups excluding carboxylic acids is 1. The molecule has 0 N–H and O–H groups in total. The van der Waals surface area contributed by atoms with Crippen LogP contribution < -0.4 is 4.74 Å². The fraction of sp³-hybridized carbons (Fsp3) is 0.483. The Kier molecular flexibility index (Phi) is 9.57. The topological polar surface area (TPSA) is 64.5 Å². The van der Waals surface area contributed by atoms with Gasteiger partial charge in [0.2, 0.25) is 0 Å². The van der Waals surface area contributed by atoms with Gasteiger partial charge in [-0.25, -0.2) is 0 Å². The lowest BCUT2D eigenvalue weighted by molar-refractivity contribution is -0.150. The van der Waals surface area contributed by atoms with E-state index >= 15 is 0 Å². The lowest BCUT2D eigenvalue weighted by Gasteiger charge is -2.34. The van der Waals surface area contributed by atoms with E-state index in [2.05, 4.69) is 40.2 Å². The molecular weight excluding hydrogens is 506 g/mol. The highest BCUT2D eigenvalue weighted by Gasteiger charge is 2.29. The highest BCUT2D eigenvalue weighted by atomic mass is 35.5. The van der Waals surface area contributed by atoms with Gasteiger partial charge in [-0.15, -0.1) is 10.2 Å². The Bertz CT molecular complexity index is 1210. The van der Waals surface area contributed by atoms with Crippen molar-refractivity contribution in [2.75, 3.05) is 19.7 Å². The zero-order chi connectivity index (χ0) is 26.4. The van der Waals surface area contributed by atoms with Gasteiger partial charge in [-0.2, -0.15) is 0 Å². The Morgan fingerprint density at radius 1 is 1.16 bits per heavy atom. The smallest absolute Gasteiger partial charge is 0.323 e. The first-order valence-electron chi connectivity index (χ1n) is 13.2. The number of hydrogen-bond donors (Lipinski definition) is 0. The minimum Gasteiger partial charge on any atom is -0.489 e. The molecule has 1 atom stereocenters. The first-order valence-corrected chi connectivity index (χ1v) is 14.4. The Morgan fingerprint density at radius 2 is 1.97 bits per heavy atom. The monoisotopic (exact) mass is 541 g/mol. The predicted octanol–water partition coefficient (Wildman–Crippen LogP) is 6.84. The predicted molar refractivity (Wildman–Crippen MR) is 150 cm³/mol. The van der Waals surface area contributed by atoms with E-state index in [1.54, 1.807) is 11.3 Å². The average molecular weight is 542 g/mol. The number of benzene rings is 2. The number of hydrogen-bond acceptors (Lipinski definition) is 7. The molecule has 8 heteroatoms. The first-order chi connectivity index (χ1) is 17.9. The Morgan fingerprint density at radius 3 is 2.70 bits per heavy atom. The molecule has 2 heterocycles. The molecule has 1 fully saturated rings. The second-order valence-electron chi connectivity index (χ2n) is 9.57. The van der Waals surface area contributed by atoms with Gasteiger partial charge >= 0.3 is 5.97 Å². The standard InChI is InChI=1S/C29H36ClN3O3S/c1-5-22-20(15-17-33-16-8-7-12-25(33)29(34)35-6-2)10-9-11-23(22)28-32-31-27(37-28)21-13-14-26(24(30)18-21)36-19(3)4/h9-11,13-14,18-19,25H,5-8,12,15-17H2,1-4H3. The van der Waals surface area contributed by atoms with Gasteiger partial charge < -0.3 is 9.47 Å². The van der Waals surface area contributed by atoms with Crippen molar-refractivity contribution in [1.29, 1.82) is 0 Å². The summed E-state index contributed by atoms with van der Waals surface area (Å²) in [5.74, 6) is 0.585. The second-order valence-corrected chi connectivity index (χ2v) is 11.0. The van der Waals surface area contributed by atoms with Crippen molar-refractivity contribution in [2.24, 2.45) is 0 Å². The first kappa shape index (κ1) is 27.6. The molecule has 1 aliphatic rings. The fourth-order valence-electron chi connectivity index (χ4n) is 4.95. The van der Waals surface area contributed by atoms with Crippen LogP contribution in [0.25, 0.3) is 21.1 Å². The Balaban J connectivity index is 1.53. The molecule has 198 valence electrons. The molecule has 37 heavy (non-hydrogen) atoms. The molecule has 4 rings (SSSR count). The normalized spacial score (nSPS) is 16.2. The number of ether oxygens (including phenoxy) is 2. The third-order valence-corrected chi connectivity index (χ3v) is 7.97. The number of esters is 1. The van der Waals surface area contributed by atoms with E-state index in [1.165, 1.54) is 11.1 Å². The second kappa shape index (κ2) is 12.9. The summed E-state index contributed by atoms with van der Waals surface area (Å²) in [5, 5.41) is 11.3. The van der Waals surface area contributed by atoms with E-state index in [-0.39, 0.29) is 18.1 Å². The molecular formula is C29H36ClN3O3S. The van der Waals surface area contributed by atoms with E-state index in [4.69, 9.17) is 21.1 Å². The molecule has 0 bridgehead atoms.